The Kier molecular flexibility index (Phi) is 5.50. The second-order valence-corrected chi connectivity index (χ2v) is 4.27. The van der Waals surface area contributed by atoms with E-state index in [4.69, 9.17) is 4.74 Å². The fourth-order valence-electron chi connectivity index (χ4n) is 2.17. The molecule has 0 saturated carbocycles. The largest absolute Gasteiger partial charge is 0.383 e. The van der Waals surface area contributed by atoms with Gasteiger partial charge in [0, 0.05) is 33.7 Å². The van der Waals surface area contributed by atoms with Gasteiger partial charge in [-0.05, 0) is 19.9 Å². The van der Waals surface area contributed by atoms with Crippen molar-refractivity contribution in [2.75, 3.05) is 33.4 Å². The average Bonchev–Trinajstić information content (AvgIpc) is 2.21. The molecule has 0 bridgehead atoms. The summed E-state index contributed by atoms with van der Waals surface area (Å²) in [5.41, 5.74) is 0. The van der Waals surface area contributed by atoms with Gasteiger partial charge in [-0.3, -0.25) is 4.90 Å². The van der Waals surface area contributed by atoms with Crippen molar-refractivity contribution < 1.29 is 10.6 Å². The number of methoxy groups -OCH3 is 1. The quantitative estimate of drug-likeness (QED) is 0.755. The summed E-state index contributed by atoms with van der Waals surface area (Å²) >= 11 is 0. The Balaban J connectivity index is 0.00000225. The van der Waals surface area contributed by atoms with Crippen LogP contribution in [0.5, 0.6) is 0 Å². The van der Waals surface area contributed by atoms with E-state index < -0.39 is 6.17 Å². The molecule has 1 fully saturated rings. The SMILES string of the molecule is CCNC1CCN(C(C)COC)CC1F.[HH]. The highest BCUT2D eigenvalue weighted by Gasteiger charge is 2.30. The van der Waals surface area contributed by atoms with Crippen molar-refractivity contribution in [2.24, 2.45) is 0 Å². The first-order chi connectivity index (χ1) is 7.19. The molecule has 0 aromatic carbocycles. The van der Waals surface area contributed by atoms with Crippen molar-refractivity contribution in [2.45, 2.75) is 38.5 Å². The third-order valence-electron chi connectivity index (χ3n) is 3.07. The van der Waals surface area contributed by atoms with Crippen LogP contribution in [0, 0.1) is 0 Å². The van der Waals surface area contributed by atoms with Gasteiger partial charge in [0.2, 0.25) is 0 Å². The molecule has 1 rings (SSSR count). The van der Waals surface area contributed by atoms with Crippen molar-refractivity contribution in [3.63, 3.8) is 0 Å². The number of nitrogens with one attached hydrogen (secondary N) is 1. The van der Waals surface area contributed by atoms with Crippen molar-refractivity contribution >= 4 is 0 Å². The standard InChI is InChI=1S/C11H23FN2O.H2/c1-4-13-11-5-6-14(7-10(11)12)9(2)8-15-3;/h9-11,13H,4-8H2,1-3H3;1H. The number of ether oxygens (including phenoxy) is 1. The van der Waals surface area contributed by atoms with Gasteiger partial charge < -0.3 is 10.1 Å². The lowest BCUT2D eigenvalue weighted by atomic mass is 10.0. The predicted molar refractivity (Wildman–Crippen MR) is 62.0 cm³/mol. The summed E-state index contributed by atoms with van der Waals surface area (Å²) in [6.45, 7) is 7.12. The van der Waals surface area contributed by atoms with Crippen molar-refractivity contribution in [3.05, 3.63) is 0 Å². The van der Waals surface area contributed by atoms with E-state index in [9.17, 15) is 4.39 Å². The van der Waals surface area contributed by atoms with Gasteiger partial charge in [0.25, 0.3) is 0 Å². The Hall–Kier alpha value is -0.190. The molecule has 0 aromatic heterocycles. The van der Waals surface area contributed by atoms with Crippen LogP contribution in [0.15, 0.2) is 0 Å². The highest BCUT2D eigenvalue weighted by Crippen LogP contribution is 2.16. The minimum absolute atomic E-state index is 0. The van der Waals surface area contributed by atoms with E-state index in [1.54, 1.807) is 7.11 Å². The van der Waals surface area contributed by atoms with Crippen LogP contribution in [0.2, 0.25) is 0 Å². The van der Waals surface area contributed by atoms with Crippen molar-refractivity contribution in [3.8, 4) is 0 Å². The average molecular weight is 220 g/mol. The summed E-state index contributed by atoms with van der Waals surface area (Å²) < 4.78 is 18.8. The molecular weight excluding hydrogens is 195 g/mol. The second kappa shape index (κ2) is 6.40. The van der Waals surface area contributed by atoms with Crippen molar-refractivity contribution in [1.29, 1.82) is 0 Å². The summed E-state index contributed by atoms with van der Waals surface area (Å²) in [7, 11) is 1.69. The van der Waals surface area contributed by atoms with E-state index >= 15 is 0 Å². The van der Waals surface area contributed by atoms with E-state index in [-0.39, 0.29) is 7.47 Å². The van der Waals surface area contributed by atoms with Crippen LogP contribution in [0.1, 0.15) is 21.7 Å². The van der Waals surface area contributed by atoms with Gasteiger partial charge in [-0.25, -0.2) is 4.39 Å². The highest BCUT2D eigenvalue weighted by molar-refractivity contribution is 4.86. The number of piperidine rings is 1. The number of likely N-dealkylation sites (tertiary alicyclic amines) is 1. The van der Waals surface area contributed by atoms with Gasteiger partial charge in [0.1, 0.15) is 6.17 Å². The van der Waals surface area contributed by atoms with Crippen LogP contribution in [-0.2, 0) is 4.74 Å². The van der Waals surface area contributed by atoms with Crippen LogP contribution in [0.25, 0.3) is 0 Å². The first-order valence-corrected chi connectivity index (χ1v) is 5.79. The molecule has 1 aliphatic rings. The molecule has 3 unspecified atom stereocenters. The fourth-order valence-corrected chi connectivity index (χ4v) is 2.17. The number of alkyl halides is 1. The van der Waals surface area contributed by atoms with Gasteiger partial charge in [-0.2, -0.15) is 0 Å². The van der Waals surface area contributed by atoms with Crippen LogP contribution < -0.4 is 5.32 Å². The van der Waals surface area contributed by atoms with Crippen molar-refractivity contribution in [1.82, 2.24) is 10.2 Å². The van der Waals surface area contributed by atoms with Gasteiger partial charge >= 0.3 is 0 Å². The summed E-state index contributed by atoms with van der Waals surface area (Å²) in [4.78, 5) is 2.17. The topological polar surface area (TPSA) is 24.5 Å². The zero-order chi connectivity index (χ0) is 11.3. The number of hydrogen-bond donors (Lipinski definition) is 1. The molecule has 3 atom stereocenters. The third kappa shape index (κ3) is 3.70. The number of nitrogens with zero attached hydrogens (tertiary/aromatic N) is 1. The maximum atomic E-state index is 13.7. The summed E-state index contributed by atoms with van der Waals surface area (Å²) in [6, 6.07) is 0.358. The summed E-state index contributed by atoms with van der Waals surface area (Å²) in [5, 5.41) is 3.19. The lowest BCUT2D eigenvalue weighted by Crippen LogP contribution is -2.53. The Labute approximate surface area is 93.5 Å². The van der Waals surface area contributed by atoms with Gasteiger partial charge in [0.05, 0.1) is 6.61 Å². The predicted octanol–water partition coefficient (Wildman–Crippen LogP) is 1.29. The zero-order valence-corrected chi connectivity index (χ0v) is 10.0. The van der Waals surface area contributed by atoms with Gasteiger partial charge in [0.15, 0.2) is 0 Å². The van der Waals surface area contributed by atoms with Crippen LogP contribution in [0.3, 0.4) is 0 Å². The molecule has 3 nitrogen and oxygen atoms in total. The highest BCUT2D eigenvalue weighted by atomic mass is 19.1. The maximum Gasteiger partial charge on any atom is 0.128 e. The van der Waals surface area contributed by atoms with E-state index in [1.165, 1.54) is 0 Å². The fraction of sp³-hybridized carbons (Fsp3) is 1.00. The van der Waals surface area contributed by atoms with Crippen LogP contribution >= 0.6 is 0 Å². The molecule has 1 N–H and O–H groups in total. The van der Waals surface area contributed by atoms with E-state index in [0.717, 1.165) is 19.5 Å². The molecule has 0 spiro atoms. The number of rotatable bonds is 5. The van der Waals surface area contributed by atoms with Crippen LogP contribution in [0.4, 0.5) is 4.39 Å². The lowest BCUT2D eigenvalue weighted by molar-refractivity contribution is 0.0422. The Bertz CT molecular complexity index is 185. The Morgan fingerprint density at radius 2 is 2.40 bits per heavy atom. The molecule has 0 amide bonds. The molecule has 1 heterocycles. The molecule has 0 aliphatic carbocycles. The monoisotopic (exact) mass is 220 g/mol. The van der Waals surface area contributed by atoms with Gasteiger partial charge in [-0.15, -0.1) is 0 Å². The molecule has 1 aliphatic heterocycles. The molecule has 92 valence electrons. The Morgan fingerprint density at radius 1 is 1.67 bits per heavy atom. The molecular formula is C11H25FN2O. The number of hydrogen-bond acceptors (Lipinski definition) is 3. The Morgan fingerprint density at radius 3 is 2.93 bits per heavy atom. The summed E-state index contributed by atoms with van der Waals surface area (Å²) in [5.74, 6) is 0. The number of halogens is 1. The molecule has 1 saturated heterocycles. The molecule has 0 radical (unpaired) electrons. The molecule has 0 aromatic rings. The molecule has 15 heavy (non-hydrogen) atoms. The van der Waals surface area contributed by atoms with E-state index in [0.29, 0.717) is 19.2 Å². The van der Waals surface area contributed by atoms with E-state index in [1.807, 2.05) is 6.92 Å². The first kappa shape index (κ1) is 12.9. The zero-order valence-electron chi connectivity index (χ0n) is 10.0. The normalized spacial score (nSPS) is 30.4. The maximum absolute atomic E-state index is 13.7. The van der Waals surface area contributed by atoms with Gasteiger partial charge in [-0.1, -0.05) is 6.92 Å². The lowest BCUT2D eigenvalue weighted by Gasteiger charge is -2.38. The molecule has 4 heteroatoms. The third-order valence-corrected chi connectivity index (χ3v) is 3.07. The second-order valence-electron chi connectivity index (χ2n) is 4.27. The minimum Gasteiger partial charge on any atom is -0.383 e. The van der Waals surface area contributed by atoms with Crippen LogP contribution in [-0.4, -0.2) is 56.5 Å². The van der Waals surface area contributed by atoms with E-state index in [2.05, 4.69) is 17.1 Å². The first-order valence-electron chi connectivity index (χ1n) is 5.79. The summed E-state index contributed by atoms with van der Waals surface area (Å²) in [6.07, 6.45) is 0.140. The smallest absolute Gasteiger partial charge is 0.128 e. The minimum atomic E-state index is -0.752.